The largest absolute Gasteiger partial charge is 0.383 e. The summed E-state index contributed by atoms with van der Waals surface area (Å²) in [5, 5.41) is 8.49. The van der Waals surface area contributed by atoms with Crippen LogP contribution >= 0.6 is 0 Å². The highest BCUT2D eigenvalue weighted by atomic mass is 19.1. The lowest BCUT2D eigenvalue weighted by molar-refractivity contribution is 0.102. The molecule has 0 aliphatic carbocycles. The van der Waals surface area contributed by atoms with E-state index in [0.29, 0.717) is 0 Å². The number of nitrogen functional groups attached to an aromatic ring is 1. The first-order valence-electron chi connectivity index (χ1n) is 4.38. The van der Waals surface area contributed by atoms with Crippen molar-refractivity contribution in [3.05, 3.63) is 35.9 Å². The second-order valence-electron chi connectivity index (χ2n) is 3.01. The Morgan fingerprint density at radius 1 is 1.44 bits per heavy atom. The van der Waals surface area contributed by atoms with Gasteiger partial charge in [0, 0.05) is 0 Å². The van der Waals surface area contributed by atoms with Gasteiger partial charge in [0.15, 0.2) is 0 Å². The van der Waals surface area contributed by atoms with Crippen LogP contribution in [0.5, 0.6) is 0 Å². The number of anilines is 2. The molecule has 82 valence electrons. The van der Waals surface area contributed by atoms with Crippen molar-refractivity contribution < 1.29 is 9.18 Å². The van der Waals surface area contributed by atoms with Gasteiger partial charge in [-0.1, -0.05) is 0 Å². The third kappa shape index (κ3) is 1.97. The molecule has 2 aromatic heterocycles. The van der Waals surface area contributed by atoms with E-state index in [1.807, 2.05) is 0 Å². The minimum atomic E-state index is -0.471. The van der Waals surface area contributed by atoms with Gasteiger partial charge in [-0.3, -0.25) is 9.89 Å². The van der Waals surface area contributed by atoms with E-state index in [1.165, 1.54) is 18.3 Å². The second-order valence-corrected chi connectivity index (χ2v) is 3.01. The fraction of sp³-hybridized carbons (Fsp3) is 0. The first kappa shape index (κ1) is 10.1. The predicted octanol–water partition coefficient (Wildman–Crippen LogP) is 0.778. The third-order valence-corrected chi connectivity index (χ3v) is 1.88. The summed E-state index contributed by atoms with van der Waals surface area (Å²) in [4.78, 5) is 15.3. The minimum Gasteiger partial charge on any atom is -0.383 e. The molecule has 2 heterocycles. The van der Waals surface area contributed by atoms with Crippen LogP contribution < -0.4 is 11.1 Å². The molecule has 4 N–H and O–H groups in total. The smallest absolute Gasteiger partial charge is 0.262 e. The van der Waals surface area contributed by atoms with E-state index < -0.39 is 11.7 Å². The Balaban J connectivity index is 2.14. The number of hydrogen-bond acceptors (Lipinski definition) is 4. The molecule has 1 amide bonds. The van der Waals surface area contributed by atoms with Crippen molar-refractivity contribution in [3.8, 4) is 0 Å². The van der Waals surface area contributed by atoms with E-state index in [-0.39, 0.29) is 17.2 Å². The van der Waals surface area contributed by atoms with Gasteiger partial charge in [0.1, 0.15) is 23.0 Å². The summed E-state index contributed by atoms with van der Waals surface area (Å²) in [6.07, 6.45) is 2.31. The van der Waals surface area contributed by atoms with Gasteiger partial charge in [-0.2, -0.15) is 5.10 Å². The van der Waals surface area contributed by atoms with E-state index >= 15 is 0 Å². The molecule has 0 unspecified atom stereocenters. The molecule has 7 heteroatoms. The Hall–Kier alpha value is -2.44. The van der Waals surface area contributed by atoms with Crippen LogP contribution in [-0.4, -0.2) is 21.1 Å². The van der Waals surface area contributed by atoms with Crippen molar-refractivity contribution in [2.45, 2.75) is 0 Å². The highest BCUT2D eigenvalue weighted by Crippen LogP contribution is 2.10. The van der Waals surface area contributed by atoms with Gasteiger partial charge in [0.25, 0.3) is 5.91 Å². The molecule has 0 aromatic carbocycles. The number of pyridine rings is 1. The first-order valence-corrected chi connectivity index (χ1v) is 4.38. The standard InChI is InChI=1S/C9H8FN5O/c10-5-1-2-7(12-3-5)14-9(16)6-4-13-15-8(6)11/h1-4H,(H3,11,13,15)(H,12,14,16). The van der Waals surface area contributed by atoms with Crippen molar-refractivity contribution in [2.24, 2.45) is 0 Å². The minimum absolute atomic E-state index is 0.166. The summed E-state index contributed by atoms with van der Waals surface area (Å²) in [5.74, 6) is -0.516. The molecule has 0 spiro atoms. The molecule has 0 saturated heterocycles. The number of nitrogens with two attached hydrogens (primary N) is 1. The molecular formula is C9H8FN5O. The molecule has 0 radical (unpaired) electrons. The van der Waals surface area contributed by atoms with Crippen LogP contribution in [0.25, 0.3) is 0 Å². The van der Waals surface area contributed by atoms with Crippen LogP contribution in [-0.2, 0) is 0 Å². The summed E-state index contributed by atoms with van der Waals surface area (Å²) < 4.78 is 12.6. The second kappa shape index (κ2) is 3.97. The molecular weight excluding hydrogens is 213 g/mol. The summed E-state index contributed by atoms with van der Waals surface area (Å²) in [7, 11) is 0. The van der Waals surface area contributed by atoms with E-state index in [0.717, 1.165) is 6.20 Å². The number of nitrogens with zero attached hydrogens (tertiary/aromatic N) is 2. The number of aromatic nitrogens is 3. The molecule has 6 nitrogen and oxygen atoms in total. The number of carbonyl (C=O) groups excluding carboxylic acids is 1. The van der Waals surface area contributed by atoms with Crippen LogP contribution in [0.1, 0.15) is 10.4 Å². The van der Waals surface area contributed by atoms with Gasteiger partial charge in [0.05, 0.1) is 12.4 Å². The fourth-order valence-electron chi connectivity index (χ4n) is 1.11. The van der Waals surface area contributed by atoms with E-state index in [2.05, 4.69) is 20.5 Å². The van der Waals surface area contributed by atoms with Crippen LogP contribution in [0.3, 0.4) is 0 Å². The predicted molar refractivity (Wildman–Crippen MR) is 55.1 cm³/mol. The van der Waals surface area contributed by atoms with Gasteiger partial charge < -0.3 is 11.1 Å². The lowest BCUT2D eigenvalue weighted by Crippen LogP contribution is -2.13. The van der Waals surface area contributed by atoms with Gasteiger partial charge >= 0.3 is 0 Å². The maximum absolute atomic E-state index is 12.6. The zero-order valence-electron chi connectivity index (χ0n) is 8.07. The van der Waals surface area contributed by atoms with Gasteiger partial charge in [-0.15, -0.1) is 0 Å². The molecule has 0 bridgehead atoms. The Bertz CT molecular complexity index is 507. The summed E-state index contributed by atoms with van der Waals surface area (Å²) in [6, 6.07) is 2.55. The number of nitrogens with one attached hydrogen (secondary N) is 2. The number of amides is 1. The Morgan fingerprint density at radius 2 is 2.25 bits per heavy atom. The Labute approximate surface area is 89.7 Å². The van der Waals surface area contributed by atoms with Crippen molar-refractivity contribution in [1.82, 2.24) is 15.2 Å². The zero-order valence-corrected chi connectivity index (χ0v) is 8.07. The fourth-order valence-corrected chi connectivity index (χ4v) is 1.11. The van der Waals surface area contributed by atoms with Crippen molar-refractivity contribution in [1.29, 1.82) is 0 Å². The van der Waals surface area contributed by atoms with Crippen LogP contribution in [0.15, 0.2) is 24.5 Å². The van der Waals surface area contributed by atoms with Crippen molar-refractivity contribution in [3.63, 3.8) is 0 Å². The number of aromatic amines is 1. The highest BCUT2D eigenvalue weighted by Gasteiger charge is 2.11. The lowest BCUT2D eigenvalue weighted by Gasteiger charge is -2.02. The molecule has 16 heavy (non-hydrogen) atoms. The summed E-state index contributed by atoms with van der Waals surface area (Å²) in [6.45, 7) is 0. The van der Waals surface area contributed by atoms with Crippen molar-refractivity contribution >= 4 is 17.5 Å². The number of H-pyrrole nitrogens is 1. The topological polar surface area (TPSA) is 96.7 Å². The molecule has 0 atom stereocenters. The summed E-state index contributed by atoms with van der Waals surface area (Å²) in [5.41, 5.74) is 5.67. The SMILES string of the molecule is Nc1[nH]ncc1C(=O)Nc1ccc(F)cn1. The van der Waals surface area contributed by atoms with Crippen LogP contribution in [0.2, 0.25) is 0 Å². The average Bonchev–Trinajstić information content (AvgIpc) is 2.68. The number of halogens is 1. The maximum atomic E-state index is 12.6. The maximum Gasteiger partial charge on any atom is 0.262 e. The normalized spacial score (nSPS) is 10.1. The van der Waals surface area contributed by atoms with Gasteiger partial charge in [-0.25, -0.2) is 9.37 Å². The quantitative estimate of drug-likeness (QED) is 0.698. The number of rotatable bonds is 2. The molecule has 0 aliphatic heterocycles. The Morgan fingerprint density at radius 3 is 2.81 bits per heavy atom. The molecule has 0 aliphatic rings. The summed E-state index contributed by atoms with van der Waals surface area (Å²) >= 11 is 0. The Kier molecular flexibility index (Phi) is 2.50. The van der Waals surface area contributed by atoms with Crippen molar-refractivity contribution in [2.75, 3.05) is 11.1 Å². The van der Waals surface area contributed by atoms with Crippen LogP contribution in [0, 0.1) is 5.82 Å². The highest BCUT2D eigenvalue weighted by molar-refractivity contribution is 6.06. The van der Waals surface area contributed by atoms with E-state index in [4.69, 9.17) is 5.73 Å². The van der Waals surface area contributed by atoms with E-state index in [9.17, 15) is 9.18 Å². The number of carbonyl (C=O) groups is 1. The average molecular weight is 221 g/mol. The van der Waals surface area contributed by atoms with Gasteiger partial charge in [0.2, 0.25) is 0 Å². The monoisotopic (exact) mass is 221 g/mol. The van der Waals surface area contributed by atoms with Crippen LogP contribution in [0.4, 0.5) is 16.0 Å². The lowest BCUT2D eigenvalue weighted by atomic mass is 10.3. The molecule has 0 saturated carbocycles. The zero-order chi connectivity index (χ0) is 11.5. The van der Waals surface area contributed by atoms with Gasteiger partial charge in [-0.05, 0) is 12.1 Å². The molecule has 0 fully saturated rings. The van der Waals surface area contributed by atoms with E-state index in [1.54, 1.807) is 0 Å². The number of hydrogen-bond donors (Lipinski definition) is 3. The first-order chi connectivity index (χ1) is 7.66. The molecule has 2 aromatic rings. The molecule has 2 rings (SSSR count). The third-order valence-electron chi connectivity index (χ3n) is 1.88.